The maximum absolute atomic E-state index is 13.0. The van der Waals surface area contributed by atoms with E-state index >= 15 is 0 Å². The quantitative estimate of drug-likeness (QED) is 0.363. The Morgan fingerprint density at radius 1 is 0.941 bits per heavy atom. The minimum absolute atomic E-state index is 0.0759. The molecule has 8 heteroatoms. The fraction of sp³-hybridized carbons (Fsp3) is 0.154. The molecule has 0 aliphatic heterocycles. The van der Waals surface area contributed by atoms with Crippen LogP contribution in [0.25, 0.3) is 22.3 Å². The number of hydrogen-bond acceptors (Lipinski definition) is 8. The first-order chi connectivity index (χ1) is 16.3. The molecule has 0 aliphatic carbocycles. The summed E-state index contributed by atoms with van der Waals surface area (Å²) in [4.78, 5) is 25.3. The summed E-state index contributed by atoms with van der Waals surface area (Å²) in [5.74, 6) is -2.06. The van der Waals surface area contributed by atoms with E-state index in [1.807, 2.05) is 6.07 Å². The molecular weight excluding hydrogens is 440 g/mol. The van der Waals surface area contributed by atoms with Crippen molar-refractivity contribution in [1.82, 2.24) is 0 Å². The molecule has 4 rings (SSSR count). The van der Waals surface area contributed by atoms with Crippen molar-refractivity contribution < 1.29 is 34.0 Å². The number of carbonyl (C=O) groups is 1. The third kappa shape index (κ3) is 4.13. The highest BCUT2D eigenvalue weighted by molar-refractivity contribution is 5.90. The Balaban J connectivity index is 2.03. The topological polar surface area (TPSA) is 126 Å². The number of ether oxygens (including phenoxy) is 2. The lowest BCUT2D eigenvalue weighted by Gasteiger charge is -2.21. The Hall–Kier alpha value is -4.46. The van der Waals surface area contributed by atoms with E-state index in [9.17, 15) is 24.9 Å². The second-order valence-electron chi connectivity index (χ2n) is 7.64. The summed E-state index contributed by atoms with van der Waals surface area (Å²) < 4.78 is 16.0. The second-order valence-corrected chi connectivity index (χ2v) is 7.64. The van der Waals surface area contributed by atoms with Gasteiger partial charge >= 0.3 is 5.97 Å². The van der Waals surface area contributed by atoms with Crippen LogP contribution in [0.4, 0.5) is 0 Å². The zero-order valence-electron chi connectivity index (χ0n) is 18.4. The van der Waals surface area contributed by atoms with Gasteiger partial charge in [0.05, 0.1) is 20.6 Å². The van der Waals surface area contributed by atoms with Gasteiger partial charge in [-0.05, 0) is 17.7 Å². The summed E-state index contributed by atoms with van der Waals surface area (Å²) in [6.45, 7) is 0. The molecule has 1 heterocycles. The van der Waals surface area contributed by atoms with Gasteiger partial charge in [-0.25, -0.2) is 0 Å². The SMILES string of the molecule is COC(=O)C[C@@H](c1ccc(OC)c(O)c1)c1c(O)cc(O)c2c(=O)cc(-c3ccccc3)oc12. The Labute approximate surface area is 194 Å². The number of carbonyl (C=O) groups excluding carboxylic acids is 1. The standard InChI is InChI=1S/C26H22O8/c1-32-21-9-8-15(10-17(21)27)16(11-23(31)33-2)24-18(28)12-19(29)25-20(30)13-22(34-26(24)25)14-6-4-3-5-7-14/h3-10,12-13,16,27-29H,11H2,1-2H3/t16-/m0/s1. The van der Waals surface area contributed by atoms with Crippen molar-refractivity contribution in [3.05, 3.63) is 82.0 Å². The molecule has 0 fully saturated rings. The molecule has 0 unspecified atom stereocenters. The monoisotopic (exact) mass is 462 g/mol. The molecule has 8 nitrogen and oxygen atoms in total. The van der Waals surface area contributed by atoms with Crippen LogP contribution >= 0.6 is 0 Å². The average Bonchev–Trinajstić information content (AvgIpc) is 2.83. The minimum atomic E-state index is -0.887. The first kappa shape index (κ1) is 22.7. The van der Waals surface area contributed by atoms with Crippen LogP contribution in [0.5, 0.6) is 23.0 Å². The van der Waals surface area contributed by atoms with Crippen LogP contribution in [-0.4, -0.2) is 35.5 Å². The van der Waals surface area contributed by atoms with Crippen LogP contribution in [0, 0.1) is 0 Å². The van der Waals surface area contributed by atoms with Crippen LogP contribution in [0.2, 0.25) is 0 Å². The number of hydrogen-bond donors (Lipinski definition) is 3. The number of esters is 1. The van der Waals surface area contributed by atoms with E-state index in [-0.39, 0.29) is 46.0 Å². The van der Waals surface area contributed by atoms with Crippen molar-refractivity contribution in [2.24, 2.45) is 0 Å². The van der Waals surface area contributed by atoms with Gasteiger partial charge in [0.15, 0.2) is 16.9 Å². The molecule has 0 saturated heterocycles. The van der Waals surface area contributed by atoms with Gasteiger partial charge in [0.25, 0.3) is 0 Å². The summed E-state index contributed by atoms with van der Waals surface area (Å²) in [5.41, 5.74) is 0.541. The molecule has 4 aromatic rings. The average molecular weight is 462 g/mol. The van der Waals surface area contributed by atoms with Crippen molar-refractivity contribution in [2.45, 2.75) is 12.3 Å². The lowest BCUT2D eigenvalue weighted by Crippen LogP contribution is -2.12. The van der Waals surface area contributed by atoms with E-state index in [0.717, 1.165) is 6.07 Å². The molecule has 0 amide bonds. The van der Waals surface area contributed by atoms with E-state index in [0.29, 0.717) is 11.1 Å². The predicted molar refractivity (Wildman–Crippen MR) is 124 cm³/mol. The molecule has 174 valence electrons. The molecule has 0 radical (unpaired) electrons. The van der Waals surface area contributed by atoms with E-state index < -0.39 is 23.1 Å². The smallest absolute Gasteiger partial charge is 0.306 e. The molecule has 1 aromatic heterocycles. The highest BCUT2D eigenvalue weighted by atomic mass is 16.5. The lowest BCUT2D eigenvalue weighted by molar-refractivity contribution is -0.140. The van der Waals surface area contributed by atoms with Gasteiger partial charge in [-0.1, -0.05) is 36.4 Å². The molecule has 34 heavy (non-hydrogen) atoms. The molecule has 0 aliphatic rings. The van der Waals surface area contributed by atoms with E-state index in [1.165, 1.54) is 32.4 Å². The minimum Gasteiger partial charge on any atom is -0.507 e. The second kappa shape index (κ2) is 9.19. The van der Waals surface area contributed by atoms with Crippen molar-refractivity contribution >= 4 is 16.9 Å². The number of phenols is 3. The molecule has 3 N–H and O–H groups in total. The van der Waals surface area contributed by atoms with Gasteiger partial charge < -0.3 is 29.2 Å². The number of methoxy groups -OCH3 is 2. The molecular formula is C26H22O8. The zero-order chi connectivity index (χ0) is 24.4. The third-order valence-electron chi connectivity index (χ3n) is 5.61. The summed E-state index contributed by atoms with van der Waals surface area (Å²) in [5, 5.41) is 31.5. The molecule has 0 saturated carbocycles. The molecule has 0 bridgehead atoms. The van der Waals surface area contributed by atoms with Crippen LogP contribution in [-0.2, 0) is 9.53 Å². The number of benzene rings is 3. The predicted octanol–water partition coefficient (Wildman–Crippen LogP) is 4.28. The lowest BCUT2D eigenvalue weighted by atomic mass is 9.86. The fourth-order valence-corrected chi connectivity index (χ4v) is 3.96. The Morgan fingerprint density at radius 3 is 2.32 bits per heavy atom. The molecule has 3 aromatic carbocycles. The number of rotatable bonds is 6. The summed E-state index contributed by atoms with van der Waals surface area (Å²) >= 11 is 0. The largest absolute Gasteiger partial charge is 0.507 e. The Morgan fingerprint density at radius 2 is 1.68 bits per heavy atom. The summed E-state index contributed by atoms with van der Waals surface area (Å²) in [7, 11) is 2.63. The van der Waals surface area contributed by atoms with E-state index in [4.69, 9.17) is 13.9 Å². The maximum atomic E-state index is 13.0. The number of phenolic OH excluding ortho intramolecular Hbond substituents is 3. The molecule has 1 atom stereocenters. The Bertz CT molecular complexity index is 1420. The van der Waals surface area contributed by atoms with Gasteiger partial charge in [-0.15, -0.1) is 0 Å². The highest BCUT2D eigenvalue weighted by Gasteiger charge is 2.29. The number of fused-ring (bicyclic) bond motifs is 1. The van der Waals surface area contributed by atoms with Gasteiger partial charge in [0.2, 0.25) is 0 Å². The fourth-order valence-electron chi connectivity index (χ4n) is 3.96. The van der Waals surface area contributed by atoms with E-state index in [1.54, 1.807) is 30.3 Å². The van der Waals surface area contributed by atoms with Crippen LogP contribution < -0.4 is 10.2 Å². The first-order valence-corrected chi connectivity index (χ1v) is 10.4. The van der Waals surface area contributed by atoms with Crippen LogP contribution in [0.15, 0.2) is 69.9 Å². The zero-order valence-corrected chi connectivity index (χ0v) is 18.4. The highest BCUT2D eigenvalue weighted by Crippen LogP contribution is 2.44. The Kier molecular flexibility index (Phi) is 6.14. The number of aromatic hydroxyl groups is 3. The molecule has 0 spiro atoms. The van der Waals surface area contributed by atoms with Crippen molar-refractivity contribution in [3.8, 4) is 34.3 Å². The maximum Gasteiger partial charge on any atom is 0.306 e. The van der Waals surface area contributed by atoms with Crippen LogP contribution in [0.3, 0.4) is 0 Å². The van der Waals surface area contributed by atoms with Gasteiger partial charge in [0, 0.05) is 29.2 Å². The first-order valence-electron chi connectivity index (χ1n) is 10.4. The van der Waals surface area contributed by atoms with Crippen molar-refractivity contribution in [1.29, 1.82) is 0 Å². The normalized spacial score (nSPS) is 11.8. The third-order valence-corrected chi connectivity index (χ3v) is 5.61. The van der Waals surface area contributed by atoms with Gasteiger partial charge in [-0.2, -0.15) is 0 Å². The summed E-state index contributed by atoms with van der Waals surface area (Å²) in [6.07, 6.45) is -0.241. The van der Waals surface area contributed by atoms with Crippen LogP contribution in [0.1, 0.15) is 23.5 Å². The van der Waals surface area contributed by atoms with Crippen molar-refractivity contribution in [3.63, 3.8) is 0 Å². The van der Waals surface area contributed by atoms with E-state index in [2.05, 4.69) is 0 Å². The van der Waals surface area contributed by atoms with Crippen molar-refractivity contribution in [2.75, 3.05) is 14.2 Å². The summed E-state index contributed by atoms with van der Waals surface area (Å²) in [6, 6.07) is 15.7. The van der Waals surface area contributed by atoms with Gasteiger partial charge in [-0.3, -0.25) is 9.59 Å². The van der Waals surface area contributed by atoms with Gasteiger partial charge in [0.1, 0.15) is 28.2 Å².